The molecule has 0 saturated heterocycles. The number of aromatic carboxylic acids is 1. The maximum absolute atomic E-state index is 12.0. The van der Waals surface area contributed by atoms with E-state index in [4.69, 9.17) is 4.42 Å². The maximum atomic E-state index is 12.0. The highest BCUT2D eigenvalue weighted by molar-refractivity contribution is 9.10. The first kappa shape index (κ1) is 18.3. The summed E-state index contributed by atoms with van der Waals surface area (Å²) in [5.74, 6) is -0.293. The van der Waals surface area contributed by atoms with E-state index in [1.807, 2.05) is 62.6 Å². The summed E-state index contributed by atoms with van der Waals surface area (Å²) in [4.78, 5) is 15.1. The summed E-state index contributed by atoms with van der Waals surface area (Å²) in [5, 5.41) is 14.7. The van der Waals surface area contributed by atoms with Gasteiger partial charge in [-0.1, -0.05) is 22.0 Å². The van der Waals surface area contributed by atoms with Gasteiger partial charge in [-0.05, 0) is 35.9 Å². The van der Waals surface area contributed by atoms with Crippen LogP contribution in [-0.4, -0.2) is 25.2 Å². The molecule has 0 saturated carbocycles. The van der Waals surface area contributed by atoms with Gasteiger partial charge in [-0.3, -0.25) is 0 Å². The standard InChI is InChI=1S/C22H17BrN2O3/c1-24-13-4-7-16-19(10-13)28-20-11-14(25-2)5-8-17(20)21(16)15-6-3-12(23)9-18(15)22(26)27/h3-11,24H,1-2H3,(H,26,27)/p+1. The average molecular weight is 438 g/mol. The van der Waals surface area contributed by atoms with E-state index in [-0.39, 0.29) is 5.56 Å². The van der Waals surface area contributed by atoms with Gasteiger partial charge in [-0.25, -0.2) is 9.79 Å². The van der Waals surface area contributed by atoms with Crippen molar-refractivity contribution in [2.75, 3.05) is 19.4 Å². The van der Waals surface area contributed by atoms with Gasteiger partial charge < -0.3 is 14.8 Å². The Balaban J connectivity index is 2.19. The summed E-state index contributed by atoms with van der Waals surface area (Å²) in [6.45, 7) is 0. The summed E-state index contributed by atoms with van der Waals surface area (Å²) >= 11 is 3.38. The zero-order chi connectivity index (χ0) is 19.8. The van der Waals surface area contributed by atoms with Gasteiger partial charge in [0.15, 0.2) is 0 Å². The molecule has 1 aliphatic heterocycles. The van der Waals surface area contributed by atoms with Crippen molar-refractivity contribution in [2.24, 2.45) is 0 Å². The van der Waals surface area contributed by atoms with Crippen molar-refractivity contribution >= 4 is 38.6 Å². The normalized spacial score (nSPS) is 11.9. The fourth-order valence-electron chi connectivity index (χ4n) is 3.40. The molecule has 2 aromatic rings. The number of nitrogens with one attached hydrogen (secondary N) is 2. The molecule has 5 nitrogen and oxygen atoms in total. The lowest BCUT2D eigenvalue weighted by atomic mass is 9.90. The SMILES string of the molecule is CNc1ccc2c(-c3ccc(Br)cc3C(=O)O)c3ccc(=[NH+]C)cc-3oc2c1. The third-order valence-corrected chi connectivity index (χ3v) is 5.27. The first-order valence-corrected chi connectivity index (χ1v) is 9.53. The van der Waals surface area contributed by atoms with E-state index in [1.165, 1.54) is 0 Å². The molecule has 3 N–H and O–H groups in total. The molecule has 1 aliphatic carbocycles. The Hall–Kier alpha value is -3.12. The van der Waals surface area contributed by atoms with E-state index in [1.54, 1.807) is 6.07 Å². The van der Waals surface area contributed by atoms with Crippen LogP contribution in [0.2, 0.25) is 0 Å². The summed E-state index contributed by atoms with van der Waals surface area (Å²) in [5.41, 5.74) is 4.18. The Morgan fingerprint density at radius 3 is 2.57 bits per heavy atom. The van der Waals surface area contributed by atoms with Gasteiger partial charge in [-0.15, -0.1) is 0 Å². The highest BCUT2D eigenvalue weighted by Gasteiger charge is 2.22. The Morgan fingerprint density at radius 2 is 1.86 bits per heavy atom. The topological polar surface area (TPSA) is 76.4 Å². The first-order chi connectivity index (χ1) is 13.5. The van der Waals surface area contributed by atoms with Crippen LogP contribution in [0.15, 0.2) is 63.5 Å². The molecule has 0 radical (unpaired) electrons. The van der Waals surface area contributed by atoms with E-state index in [0.717, 1.165) is 32.0 Å². The summed E-state index contributed by atoms with van der Waals surface area (Å²) in [6.07, 6.45) is 0. The summed E-state index contributed by atoms with van der Waals surface area (Å²) < 4.78 is 6.90. The van der Waals surface area contributed by atoms with E-state index >= 15 is 0 Å². The highest BCUT2D eigenvalue weighted by Crippen LogP contribution is 2.42. The number of anilines is 1. The highest BCUT2D eigenvalue weighted by atomic mass is 79.9. The molecule has 28 heavy (non-hydrogen) atoms. The molecule has 2 aromatic carbocycles. The van der Waals surface area contributed by atoms with Gasteiger partial charge in [0.05, 0.1) is 11.6 Å². The molecule has 0 unspecified atom stereocenters. The van der Waals surface area contributed by atoms with Gasteiger partial charge in [0.25, 0.3) is 0 Å². The lowest BCUT2D eigenvalue weighted by molar-refractivity contribution is -0.465. The zero-order valence-electron chi connectivity index (χ0n) is 15.3. The second-order valence-corrected chi connectivity index (χ2v) is 7.31. The second kappa shape index (κ2) is 7.13. The second-order valence-electron chi connectivity index (χ2n) is 6.39. The fourth-order valence-corrected chi connectivity index (χ4v) is 3.76. The van der Waals surface area contributed by atoms with Crippen molar-refractivity contribution in [1.29, 1.82) is 0 Å². The zero-order valence-corrected chi connectivity index (χ0v) is 16.9. The third kappa shape index (κ3) is 3.05. The van der Waals surface area contributed by atoms with Gasteiger partial charge in [-0.2, -0.15) is 0 Å². The van der Waals surface area contributed by atoms with Crippen molar-refractivity contribution < 1.29 is 19.3 Å². The lowest BCUT2D eigenvalue weighted by Gasteiger charge is -2.17. The average Bonchev–Trinajstić information content (AvgIpc) is 2.71. The predicted octanol–water partition coefficient (Wildman–Crippen LogP) is 3.32. The first-order valence-electron chi connectivity index (χ1n) is 8.74. The fraction of sp³-hybridized carbons (Fsp3) is 0.0909. The molecule has 0 atom stereocenters. The van der Waals surface area contributed by atoms with Crippen LogP contribution in [0.1, 0.15) is 10.4 Å². The number of benzene rings is 3. The quantitative estimate of drug-likeness (QED) is 0.429. The minimum atomic E-state index is -0.975. The van der Waals surface area contributed by atoms with Crippen LogP contribution >= 0.6 is 15.9 Å². The van der Waals surface area contributed by atoms with Gasteiger partial charge in [0.2, 0.25) is 5.36 Å². The Morgan fingerprint density at radius 1 is 1.07 bits per heavy atom. The van der Waals surface area contributed by atoms with Crippen molar-refractivity contribution in [3.05, 3.63) is 70.0 Å². The monoisotopic (exact) mass is 437 g/mol. The number of carboxylic acid groups (broad SMARTS) is 1. The van der Waals surface area contributed by atoms with Crippen molar-refractivity contribution in [3.63, 3.8) is 0 Å². The number of hydrogen-bond donors (Lipinski definition) is 3. The number of rotatable bonds is 3. The van der Waals surface area contributed by atoms with Crippen LogP contribution in [0.5, 0.6) is 0 Å². The number of halogens is 1. The molecule has 4 rings (SSSR count). The molecule has 140 valence electrons. The molecule has 2 aliphatic rings. The van der Waals surface area contributed by atoms with E-state index < -0.39 is 5.97 Å². The third-order valence-electron chi connectivity index (χ3n) is 4.78. The van der Waals surface area contributed by atoms with Gasteiger partial charge in [0, 0.05) is 45.9 Å². The van der Waals surface area contributed by atoms with Crippen LogP contribution in [0, 0.1) is 0 Å². The van der Waals surface area contributed by atoms with Gasteiger partial charge >= 0.3 is 5.97 Å². The Labute approximate surface area is 169 Å². The lowest BCUT2D eigenvalue weighted by Crippen LogP contribution is -2.71. The molecular formula is C22H18BrN2O3+. The van der Waals surface area contributed by atoms with E-state index in [0.29, 0.717) is 16.9 Å². The number of carboxylic acids is 1. The molecule has 0 bridgehead atoms. The van der Waals surface area contributed by atoms with E-state index in [9.17, 15) is 9.90 Å². The summed E-state index contributed by atoms with van der Waals surface area (Å²) in [7, 11) is 3.69. The molecular weight excluding hydrogens is 420 g/mol. The minimum absolute atomic E-state index is 0.235. The van der Waals surface area contributed by atoms with Crippen LogP contribution in [0.25, 0.3) is 33.4 Å². The molecule has 6 heteroatoms. The number of carbonyl (C=O) groups is 1. The van der Waals surface area contributed by atoms with Gasteiger partial charge in [0.1, 0.15) is 18.4 Å². The molecule has 1 heterocycles. The molecule has 0 amide bonds. The van der Waals surface area contributed by atoms with Crippen LogP contribution < -0.4 is 15.7 Å². The molecule has 0 spiro atoms. The van der Waals surface area contributed by atoms with Crippen molar-refractivity contribution in [3.8, 4) is 22.5 Å². The number of hydrogen-bond acceptors (Lipinski definition) is 3. The van der Waals surface area contributed by atoms with E-state index in [2.05, 4.69) is 26.2 Å². The van der Waals surface area contributed by atoms with Crippen LogP contribution in [0.4, 0.5) is 5.69 Å². The molecule has 0 aromatic heterocycles. The van der Waals surface area contributed by atoms with Crippen molar-refractivity contribution in [1.82, 2.24) is 0 Å². The van der Waals surface area contributed by atoms with Crippen LogP contribution in [-0.2, 0) is 0 Å². The number of fused-ring (bicyclic) bond motifs is 2. The minimum Gasteiger partial charge on any atom is -0.478 e. The smallest absolute Gasteiger partial charge is 0.336 e. The largest absolute Gasteiger partial charge is 0.478 e. The Kier molecular flexibility index (Phi) is 4.65. The molecule has 0 fully saturated rings. The van der Waals surface area contributed by atoms with Crippen LogP contribution in [0.3, 0.4) is 0 Å². The predicted molar refractivity (Wildman–Crippen MR) is 112 cm³/mol. The summed E-state index contributed by atoms with van der Waals surface area (Å²) in [6, 6.07) is 17.0. The maximum Gasteiger partial charge on any atom is 0.336 e. The van der Waals surface area contributed by atoms with Crippen molar-refractivity contribution in [2.45, 2.75) is 0 Å². The Bertz CT molecular complexity index is 1260.